The summed E-state index contributed by atoms with van der Waals surface area (Å²) in [5.74, 6) is 0.779. The highest BCUT2D eigenvalue weighted by Crippen LogP contribution is 2.43. The number of anilines is 2. The van der Waals surface area contributed by atoms with Crippen molar-refractivity contribution < 1.29 is 0 Å². The van der Waals surface area contributed by atoms with Gasteiger partial charge >= 0.3 is 0 Å². The Kier molecular flexibility index (Phi) is 4.38. The summed E-state index contributed by atoms with van der Waals surface area (Å²) in [6.45, 7) is 7.87. The molecule has 0 unspecified atom stereocenters. The van der Waals surface area contributed by atoms with Crippen LogP contribution in [0.25, 0.3) is 0 Å². The molecule has 1 aromatic rings. The first kappa shape index (κ1) is 14.2. The topological polar surface area (TPSA) is 38.0 Å². The van der Waals surface area contributed by atoms with Gasteiger partial charge in [-0.05, 0) is 55.2 Å². The molecule has 0 bridgehead atoms. The molecule has 0 aliphatic heterocycles. The van der Waals surface area contributed by atoms with Crippen LogP contribution in [0.3, 0.4) is 0 Å². The van der Waals surface area contributed by atoms with Crippen molar-refractivity contribution in [1.29, 1.82) is 0 Å². The minimum Gasteiger partial charge on any atom is -0.398 e. The molecule has 0 amide bonds. The quantitative estimate of drug-likeness (QED) is 0.760. The zero-order valence-electron chi connectivity index (χ0n) is 12.6. The second-order valence-electron chi connectivity index (χ2n) is 6.68. The summed E-state index contributed by atoms with van der Waals surface area (Å²) >= 11 is 0. The lowest BCUT2D eigenvalue weighted by molar-refractivity contribution is 0.252. The Morgan fingerprint density at radius 1 is 1.26 bits per heavy atom. The maximum atomic E-state index is 5.98. The third kappa shape index (κ3) is 3.43. The Bertz CT molecular complexity index is 417. The molecule has 0 radical (unpaired) electrons. The molecule has 2 nitrogen and oxygen atoms in total. The normalized spacial score (nSPS) is 17.9. The fraction of sp³-hybridized carbons (Fsp3) is 0.647. The molecule has 1 saturated carbocycles. The van der Waals surface area contributed by atoms with Crippen molar-refractivity contribution in [2.45, 2.75) is 52.9 Å². The molecule has 2 rings (SSSR count). The van der Waals surface area contributed by atoms with E-state index in [0.29, 0.717) is 5.41 Å². The summed E-state index contributed by atoms with van der Waals surface area (Å²) in [6, 6.07) is 6.15. The lowest BCUT2D eigenvalue weighted by Crippen LogP contribution is -2.28. The number of hydrogen-bond acceptors (Lipinski definition) is 2. The van der Waals surface area contributed by atoms with Crippen molar-refractivity contribution in [3.8, 4) is 0 Å². The molecular formula is C17H28N2. The van der Waals surface area contributed by atoms with Crippen LogP contribution in [-0.4, -0.2) is 6.54 Å². The van der Waals surface area contributed by atoms with Gasteiger partial charge in [0.25, 0.3) is 0 Å². The van der Waals surface area contributed by atoms with Gasteiger partial charge in [-0.25, -0.2) is 0 Å². The molecule has 1 aliphatic rings. The maximum absolute atomic E-state index is 5.98. The SMILES string of the molecule is Cc1c(N)cccc1NCC1(CC(C)C)CCCC1. The van der Waals surface area contributed by atoms with Crippen molar-refractivity contribution >= 4 is 11.4 Å². The molecule has 106 valence electrons. The first-order chi connectivity index (χ1) is 9.02. The predicted octanol–water partition coefficient (Wildman–Crippen LogP) is 4.60. The number of nitrogens with two attached hydrogens (primary N) is 1. The molecule has 1 aliphatic carbocycles. The standard InChI is InChI=1S/C17H28N2/c1-13(2)11-17(9-4-5-10-17)12-19-16-8-6-7-15(18)14(16)3/h6-8,13,19H,4-5,9-12,18H2,1-3H3. The fourth-order valence-corrected chi connectivity index (χ4v) is 3.57. The molecule has 0 aromatic heterocycles. The monoisotopic (exact) mass is 260 g/mol. The van der Waals surface area contributed by atoms with Crippen LogP contribution >= 0.6 is 0 Å². The maximum Gasteiger partial charge on any atom is 0.0390 e. The predicted molar refractivity (Wildman–Crippen MR) is 84.4 cm³/mol. The third-order valence-corrected chi connectivity index (χ3v) is 4.54. The van der Waals surface area contributed by atoms with Crippen LogP contribution in [0.4, 0.5) is 11.4 Å². The Balaban J connectivity index is 2.05. The van der Waals surface area contributed by atoms with E-state index in [4.69, 9.17) is 5.73 Å². The largest absolute Gasteiger partial charge is 0.398 e. The van der Waals surface area contributed by atoms with E-state index >= 15 is 0 Å². The molecule has 19 heavy (non-hydrogen) atoms. The van der Waals surface area contributed by atoms with Crippen molar-refractivity contribution in [2.24, 2.45) is 11.3 Å². The van der Waals surface area contributed by atoms with E-state index in [1.807, 2.05) is 12.1 Å². The second-order valence-corrected chi connectivity index (χ2v) is 6.68. The highest BCUT2D eigenvalue weighted by atomic mass is 14.9. The van der Waals surface area contributed by atoms with Crippen molar-refractivity contribution in [1.82, 2.24) is 0 Å². The van der Waals surface area contributed by atoms with Gasteiger partial charge in [0.2, 0.25) is 0 Å². The van der Waals surface area contributed by atoms with E-state index in [1.54, 1.807) is 0 Å². The number of rotatable bonds is 5. The Labute approximate surface area is 117 Å². The minimum atomic E-state index is 0.505. The molecule has 2 heteroatoms. The summed E-state index contributed by atoms with van der Waals surface area (Å²) in [4.78, 5) is 0. The molecule has 1 aromatic carbocycles. The van der Waals surface area contributed by atoms with E-state index in [1.165, 1.54) is 43.4 Å². The Morgan fingerprint density at radius 3 is 2.58 bits per heavy atom. The molecule has 3 N–H and O–H groups in total. The van der Waals surface area contributed by atoms with Gasteiger partial charge in [-0.15, -0.1) is 0 Å². The Morgan fingerprint density at radius 2 is 1.95 bits per heavy atom. The number of hydrogen-bond donors (Lipinski definition) is 2. The van der Waals surface area contributed by atoms with Gasteiger partial charge in [0, 0.05) is 17.9 Å². The molecule has 0 atom stereocenters. The minimum absolute atomic E-state index is 0.505. The van der Waals surface area contributed by atoms with Gasteiger partial charge in [0.05, 0.1) is 0 Å². The average molecular weight is 260 g/mol. The highest BCUT2D eigenvalue weighted by molar-refractivity contribution is 5.62. The van der Waals surface area contributed by atoms with Crippen LogP contribution in [0.5, 0.6) is 0 Å². The van der Waals surface area contributed by atoms with Crippen LogP contribution in [0.1, 0.15) is 51.5 Å². The second kappa shape index (κ2) is 5.85. The highest BCUT2D eigenvalue weighted by Gasteiger charge is 2.34. The fourth-order valence-electron chi connectivity index (χ4n) is 3.57. The summed E-state index contributed by atoms with van der Waals surface area (Å²) in [5, 5.41) is 3.66. The first-order valence-corrected chi connectivity index (χ1v) is 7.61. The molecule has 0 spiro atoms. The lowest BCUT2D eigenvalue weighted by atomic mass is 9.78. The van der Waals surface area contributed by atoms with Gasteiger partial charge in [0.15, 0.2) is 0 Å². The van der Waals surface area contributed by atoms with Crippen molar-refractivity contribution in [3.63, 3.8) is 0 Å². The van der Waals surface area contributed by atoms with Crippen molar-refractivity contribution in [3.05, 3.63) is 23.8 Å². The lowest BCUT2D eigenvalue weighted by Gasteiger charge is -2.32. The van der Waals surface area contributed by atoms with Gasteiger partial charge in [-0.3, -0.25) is 0 Å². The smallest absolute Gasteiger partial charge is 0.0390 e. The third-order valence-electron chi connectivity index (χ3n) is 4.54. The molecular weight excluding hydrogens is 232 g/mol. The average Bonchev–Trinajstić information content (AvgIpc) is 2.79. The van der Waals surface area contributed by atoms with Gasteiger partial charge in [0.1, 0.15) is 0 Å². The van der Waals surface area contributed by atoms with E-state index in [-0.39, 0.29) is 0 Å². The Hall–Kier alpha value is -1.18. The van der Waals surface area contributed by atoms with E-state index in [2.05, 4.69) is 32.2 Å². The summed E-state index contributed by atoms with van der Waals surface area (Å²) in [5.41, 5.74) is 9.75. The molecule has 0 heterocycles. The van der Waals surface area contributed by atoms with Gasteiger partial charge in [-0.1, -0.05) is 32.8 Å². The summed E-state index contributed by atoms with van der Waals surface area (Å²) in [6.07, 6.45) is 6.87. The van der Waals surface area contributed by atoms with Crippen LogP contribution in [0.15, 0.2) is 18.2 Å². The molecule has 1 fully saturated rings. The number of nitrogens with one attached hydrogen (secondary N) is 1. The number of benzene rings is 1. The van der Waals surface area contributed by atoms with Crippen LogP contribution in [0.2, 0.25) is 0 Å². The zero-order valence-corrected chi connectivity index (χ0v) is 12.6. The van der Waals surface area contributed by atoms with Crippen LogP contribution in [0, 0.1) is 18.3 Å². The van der Waals surface area contributed by atoms with Crippen LogP contribution in [-0.2, 0) is 0 Å². The van der Waals surface area contributed by atoms with Crippen molar-refractivity contribution in [2.75, 3.05) is 17.6 Å². The van der Waals surface area contributed by atoms with E-state index in [0.717, 1.165) is 18.2 Å². The first-order valence-electron chi connectivity index (χ1n) is 7.61. The summed E-state index contributed by atoms with van der Waals surface area (Å²) < 4.78 is 0. The molecule has 0 saturated heterocycles. The van der Waals surface area contributed by atoms with Gasteiger partial charge in [-0.2, -0.15) is 0 Å². The van der Waals surface area contributed by atoms with E-state index < -0.39 is 0 Å². The number of nitrogen functional groups attached to an aromatic ring is 1. The van der Waals surface area contributed by atoms with Crippen LogP contribution < -0.4 is 11.1 Å². The van der Waals surface area contributed by atoms with E-state index in [9.17, 15) is 0 Å². The van der Waals surface area contributed by atoms with Gasteiger partial charge < -0.3 is 11.1 Å². The summed E-state index contributed by atoms with van der Waals surface area (Å²) in [7, 11) is 0. The zero-order chi connectivity index (χ0) is 13.9.